The molecule has 1 atom stereocenters. The Hall–Kier alpha value is -3.26. The smallest absolute Gasteiger partial charge is 0.309 e. The van der Waals surface area contributed by atoms with Gasteiger partial charge in [-0.25, -0.2) is 4.39 Å². The number of ether oxygens (including phenoxy) is 1. The molecule has 3 amide bonds. The molecule has 7 nitrogen and oxygen atoms in total. The van der Waals surface area contributed by atoms with E-state index in [0.717, 1.165) is 5.56 Å². The number of morpholine rings is 1. The quantitative estimate of drug-likeness (QED) is 0.739. The van der Waals surface area contributed by atoms with Crippen molar-refractivity contribution in [2.24, 2.45) is 0 Å². The van der Waals surface area contributed by atoms with Crippen molar-refractivity contribution in [2.45, 2.75) is 12.6 Å². The molecule has 0 spiro atoms. The molecule has 2 aromatic carbocycles. The summed E-state index contributed by atoms with van der Waals surface area (Å²) in [4.78, 5) is 37.8. The molecule has 8 heteroatoms. The Bertz CT molecular complexity index is 858. The second-order valence-electron chi connectivity index (χ2n) is 6.60. The first-order valence-electron chi connectivity index (χ1n) is 9.27. The molecule has 0 radical (unpaired) electrons. The number of carbonyl (C=O) groups excluding carboxylic acids is 3. The van der Waals surface area contributed by atoms with Gasteiger partial charge in [-0.1, -0.05) is 42.5 Å². The summed E-state index contributed by atoms with van der Waals surface area (Å²) in [5, 5.41) is 4.77. The number of amides is 3. The van der Waals surface area contributed by atoms with Crippen LogP contribution in [-0.2, 0) is 25.7 Å². The number of nitrogens with zero attached hydrogens (tertiary/aromatic N) is 1. The molecule has 0 bridgehead atoms. The zero-order valence-corrected chi connectivity index (χ0v) is 15.8. The van der Waals surface area contributed by atoms with E-state index in [1.165, 1.54) is 24.3 Å². The van der Waals surface area contributed by atoms with Crippen LogP contribution in [0.2, 0.25) is 0 Å². The highest BCUT2D eigenvalue weighted by Crippen LogP contribution is 2.21. The first kappa shape index (κ1) is 20.5. The van der Waals surface area contributed by atoms with Crippen molar-refractivity contribution in [1.82, 2.24) is 15.5 Å². The van der Waals surface area contributed by atoms with Crippen LogP contribution in [0, 0.1) is 5.82 Å². The van der Waals surface area contributed by atoms with Crippen LogP contribution >= 0.6 is 0 Å². The molecule has 2 N–H and O–H groups in total. The van der Waals surface area contributed by atoms with Gasteiger partial charge < -0.3 is 20.3 Å². The van der Waals surface area contributed by atoms with E-state index in [0.29, 0.717) is 25.3 Å². The van der Waals surface area contributed by atoms with Gasteiger partial charge in [-0.15, -0.1) is 0 Å². The van der Waals surface area contributed by atoms with Gasteiger partial charge in [0.25, 0.3) is 0 Å². The van der Waals surface area contributed by atoms with Gasteiger partial charge in [0, 0.05) is 13.1 Å². The van der Waals surface area contributed by atoms with Crippen molar-refractivity contribution in [3.63, 3.8) is 0 Å². The standard InChI is InChI=1S/C21H22FN3O4/c22-17-8-6-15(7-9-17)12-23-20(27)21(28)24-13-19(26)25-10-11-29-18(14-25)16-4-2-1-3-5-16/h1-9,18H,10-14H2,(H,23,27)(H,24,28). The van der Waals surface area contributed by atoms with Gasteiger partial charge in [-0.05, 0) is 23.3 Å². The summed E-state index contributed by atoms with van der Waals surface area (Å²) >= 11 is 0. The van der Waals surface area contributed by atoms with E-state index in [2.05, 4.69) is 10.6 Å². The summed E-state index contributed by atoms with van der Waals surface area (Å²) in [6.45, 7) is 1.02. The van der Waals surface area contributed by atoms with E-state index in [9.17, 15) is 18.8 Å². The lowest BCUT2D eigenvalue weighted by molar-refractivity contribution is -0.142. The predicted molar refractivity (Wildman–Crippen MR) is 103 cm³/mol. The molecular weight excluding hydrogens is 377 g/mol. The number of benzene rings is 2. The fourth-order valence-electron chi connectivity index (χ4n) is 2.96. The van der Waals surface area contributed by atoms with Crippen molar-refractivity contribution in [1.29, 1.82) is 0 Å². The molecule has 29 heavy (non-hydrogen) atoms. The number of carbonyl (C=O) groups is 3. The second kappa shape index (κ2) is 9.79. The molecule has 152 valence electrons. The number of halogens is 1. The van der Waals surface area contributed by atoms with Crippen LogP contribution in [-0.4, -0.2) is 48.9 Å². The fourth-order valence-corrected chi connectivity index (χ4v) is 2.96. The highest BCUT2D eigenvalue weighted by molar-refractivity contribution is 6.35. The highest BCUT2D eigenvalue weighted by Gasteiger charge is 2.26. The molecule has 2 aromatic rings. The minimum absolute atomic E-state index is 0.0860. The minimum atomic E-state index is -0.895. The Kier molecular flexibility index (Phi) is 6.91. The number of hydrogen-bond acceptors (Lipinski definition) is 4. The van der Waals surface area contributed by atoms with Gasteiger partial charge in [-0.3, -0.25) is 14.4 Å². The largest absolute Gasteiger partial charge is 0.370 e. The minimum Gasteiger partial charge on any atom is -0.370 e. The molecule has 0 aliphatic carbocycles. The van der Waals surface area contributed by atoms with Gasteiger partial charge >= 0.3 is 11.8 Å². The molecule has 3 rings (SSSR count). The predicted octanol–water partition coefficient (Wildman–Crippen LogP) is 1.16. The van der Waals surface area contributed by atoms with Gasteiger partial charge in [0.1, 0.15) is 11.9 Å². The maximum atomic E-state index is 12.9. The van der Waals surface area contributed by atoms with Crippen molar-refractivity contribution in [2.75, 3.05) is 26.2 Å². The van der Waals surface area contributed by atoms with Crippen LogP contribution in [0.1, 0.15) is 17.2 Å². The lowest BCUT2D eigenvalue weighted by Gasteiger charge is -2.33. The normalized spacial score (nSPS) is 16.2. The Morgan fingerprint density at radius 1 is 1.00 bits per heavy atom. The molecule has 1 fully saturated rings. The molecule has 0 aromatic heterocycles. The van der Waals surface area contributed by atoms with E-state index < -0.39 is 11.8 Å². The number of rotatable bonds is 5. The summed E-state index contributed by atoms with van der Waals surface area (Å²) in [5.74, 6) is -2.41. The summed E-state index contributed by atoms with van der Waals surface area (Å²) in [5.41, 5.74) is 1.64. The van der Waals surface area contributed by atoms with Crippen LogP contribution in [0.25, 0.3) is 0 Å². The molecule has 1 saturated heterocycles. The molecule has 1 heterocycles. The van der Waals surface area contributed by atoms with Crippen molar-refractivity contribution < 1.29 is 23.5 Å². The van der Waals surface area contributed by atoms with Gasteiger partial charge in [0.05, 0.1) is 19.7 Å². The zero-order chi connectivity index (χ0) is 20.6. The van der Waals surface area contributed by atoms with Gasteiger partial charge in [0.15, 0.2) is 0 Å². The van der Waals surface area contributed by atoms with Crippen LogP contribution in [0.3, 0.4) is 0 Å². The first-order valence-corrected chi connectivity index (χ1v) is 9.27. The third-order valence-electron chi connectivity index (χ3n) is 4.56. The van der Waals surface area contributed by atoms with Crippen LogP contribution in [0.4, 0.5) is 4.39 Å². The Morgan fingerprint density at radius 2 is 1.69 bits per heavy atom. The summed E-state index contributed by atoms with van der Waals surface area (Å²) < 4.78 is 18.6. The maximum absolute atomic E-state index is 12.9. The maximum Gasteiger partial charge on any atom is 0.309 e. The lowest BCUT2D eigenvalue weighted by atomic mass is 10.1. The van der Waals surface area contributed by atoms with Crippen molar-refractivity contribution in [3.05, 3.63) is 71.5 Å². The highest BCUT2D eigenvalue weighted by atomic mass is 19.1. The van der Waals surface area contributed by atoms with Gasteiger partial charge in [0.2, 0.25) is 5.91 Å². The van der Waals surface area contributed by atoms with E-state index >= 15 is 0 Å². The number of nitrogens with one attached hydrogen (secondary N) is 2. The third kappa shape index (κ3) is 5.86. The van der Waals surface area contributed by atoms with E-state index in [1.807, 2.05) is 30.3 Å². The Labute approximate surface area is 167 Å². The van der Waals surface area contributed by atoms with Crippen LogP contribution < -0.4 is 10.6 Å². The third-order valence-corrected chi connectivity index (χ3v) is 4.56. The van der Waals surface area contributed by atoms with Crippen LogP contribution in [0.15, 0.2) is 54.6 Å². The topological polar surface area (TPSA) is 87.7 Å². The molecule has 1 unspecified atom stereocenters. The second-order valence-corrected chi connectivity index (χ2v) is 6.60. The van der Waals surface area contributed by atoms with E-state index in [-0.39, 0.29) is 30.9 Å². The summed E-state index contributed by atoms with van der Waals surface area (Å²) in [6.07, 6.45) is -0.219. The molecule has 1 aliphatic heterocycles. The zero-order valence-electron chi connectivity index (χ0n) is 15.8. The van der Waals surface area contributed by atoms with Crippen LogP contribution in [0.5, 0.6) is 0 Å². The van der Waals surface area contributed by atoms with Crippen molar-refractivity contribution in [3.8, 4) is 0 Å². The SMILES string of the molecule is O=C(NCC(=O)N1CCOC(c2ccccc2)C1)C(=O)NCc1ccc(F)cc1. The van der Waals surface area contributed by atoms with E-state index in [1.54, 1.807) is 4.90 Å². The average molecular weight is 399 g/mol. The van der Waals surface area contributed by atoms with Gasteiger partial charge in [-0.2, -0.15) is 0 Å². The average Bonchev–Trinajstić information content (AvgIpc) is 2.77. The molecular formula is C21H22FN3O4. The first-order chi connectivity index (χ1) is 14.0. The van der Waals surface area contributed by atoms with Crippen molar-refractivity contribution >= 4 is 17.7 Å². The monoisotopic (exact) mass is 399 g/mol. The number of hydrogen-bond donors (Lipinski definition) is 2. The lowest BCUT2D eigenvalue weighted by Crippen LogP contribution is -2.48. The molecule has 0 saturated carbocycles. The van der Waals surface area contributed by atoms with E-state index in [4.69, 9.17) is 4.74 Å². The molecule has 1 aliphatic rings. The fraction of sp³-hybridized carbons (Fsp3) is 0.286. The summed E-state index contributed by atoms with van der Waals surface area (Å²) in [6, 6.07) is 15.2. The summed E-state index contributed by atoms with van der Waals surface area (Å²) in [7, 11) is 0. The Balaban J connectivity index is 1.43. The Morgan fingerprint density at radius 3 is 2.41 bits per heavy atom.